The summed E-state index contributed by atoms with van der Waals surface area (Å²) in [6.45, 7) is 1.03. The number of nitrogens with one attached hydrogen (secondary N) is 1. The number of hydrogen-bond donors (Lipinski definition) is 1. The SMILES string of the molecule is COC1=CC=C(Cl)NN1CC12CC3CC(CC(C3)C1)C2. The van der Waals surface area contributed by atoms with Gasteiger partial charge in [0.05, 0.1) is 7.11 Å². The Balaban J connectivity index is 1.54. The van der Waals surface area contributed by atoms with Gasteiger partial charge in [0.15, 0.2) is 0 Å². The van der Waals surface area contributed by atoms with E-state index in [1.54, 1.807) is 7.11 Å². The molecule has 0 spiro atoms. The van der Waals surface area contributed by atoms with Crippen LogP contribution in [-0.2, 0) is 4.74 Å². The highest BCUT2D eigenvalue weighted by molar-refractivity contribution is 6.29. The Morgan fingerprint density at radius 1 is 1.20 bits per heavy atom. The van der Waals surface area contributed by atoms with Gasteiger partial charge >= 0.3 is 0 Å². The second-order valence-corrected chi connectivity index (χ2v) is 7.75. The number of hydrogen-bond acceptors (Lipinski definition) is 3. The lowest BCUT2D eigenvalue weighted by Gasteiger charge is -2.58. The van der Waals surface area contributed by atoms with Crippen LogP contribution < -0.4 is 5.43 Å². The molecule has 0 amide bonds. The van der Waals surface area contributed by atoms with Gasteiger partial charge in [0.1, 0.15) is 5.16 Å². The summed E-state index contributed by atoms with van der Waals surface area (Å²) in [4.78, 5) is 0. The van der Waals surface area contributed by atoms with Gasteiger partial charge in [0.2, 0.25) is 5.88 Å². The fourth-order valence-corrected chi connectivity index (χ4v) is 5.74. The van der Waals surface area contributed by atoms with E-state index in [4.69, 9.17) is 16.3 Å². The van der Waals surface area contributed by atoms with Crippen LogP contribution in [0.1, 0.15) is 38.5 Å². The van der Waals surface area contributed by atoms with E-state index in [2.05, 4.69) is 10.4 Å². The van der Waals surface area contributed by atoms with Crippen molar-refractivity contribution in [2.45, 2.75) is 38.5 Å². The number of allylic oxidation sites excluding steroid dienone is 2. The molecule has 0 aromatic carbocycles. The molecule has 3 nitrogen and oxygen atoms in total. The minimum absolute atomic E-state index is 0.480. The molecule has 1 N–H and O–H groups in total. The molecule has 1 aliphatic heterocycles. The first-order valence-electron chi connectivity index (χ1n) is 7.81. The quantitative estimate of drug-likeness (QED) is 0.805. The number of rotatable bonds is 3. The molecule has 4 heteroatoms. The van der Waals surface area contributed by atoms with E-state index in [1.807, 2.05) is 12.2 Å². The topological polar surface area (TPSA) is 24.5 Å². The lowest BCUT2D eigenvalue weighted by Crippen LogP contribution is -2.53. The largest absolute Gasteiger partial charge is 0.481 e. The lowest BCUT2D eigenvalue weighted by atomic mass is 9.49. The van der Waals surface area contributed by atoms with Crippen molar-refractivity contribution in [2.24, 2.45) is 23.2 Å². The molecule has 0 aromatic heterocycles. The van der Waals surface area contributed by atoms with Gasteiger partial charge < -0.3 is 4.74 Å². The van der Waals surface area contributed by atoms with Gasteiger partial charge in [-0.05, 0) is 67.8 Å². The van der Waals surface area contributed by atoms with Gasteiger partial charge in [-0.2, -0.15) is 0 Å². The molecule has 110 valence electrons. The maximum atomic E-state index is 6.13. The summed E-state index contributed by atoms with van der Waals surface area (Å²) in [7, 11) is 1.73. The predicted octanol–water partition coefficient (Wildman–Crippen LogP) is 3.59. The molecule has 0 saturated heterocycles. The van der Waals surface area contributed by atoms with Gasteiger partial charge in [-0.1, -0.05) is 11.6 Å². The van der Waals surface area contributed by atoms with E-state index < -0.39 is 0 Å². The third kappa shape index (κ3) is 2.11. The van der Waals surface area contributed by atoms with Crippen LogP contribution in [-0.4, -0.2) is 18.7 Å². The molecule has 0 aromatic rings. The van der Waals surface area contributed by atoms with Crippen molar-refractivity contribution in [3.63, 3.8) is 0 Å². The Morgan fingerprint density at radius 3 is 2.35 bits per heavy atom. The highest BCUT2D eigenvalue weighted by Gasteiger charge is 2.51. The minimum Gasteiger partial charge on any atom is -0.481 e. The Bertz CT molecular complexity index is 436. The molecule has 0 radical (unpaired) electrons. The standard InChI is InChI=1S/C16H23ClN2O/c1-20-15-3-2-14(17)18-19(15)10-16-7-11-4-12(8-16)6-13(5-11)9-16/h2-3,11-13,18H,4-10H2,1H3. The first-order chi connectivity index (χ1) is 9.66. The van der Waals surface area contributed by atoms with Crippen LogP contribution in [0, 0.1) is 23.2 Å². The maximum absolute atomic E-state index is 6.13. The maximum Gasteiger partial charge on any atom is 0.208 e. The zero-order chi connectivity index (χ0) is 13.7. The molecular weight excluding hydrogens is 272 g/mol. The summed E-state index contributed by atoms with van der Waals surface area (Å²) in [5, 5.41) is 2.80. The second kappa shape index (κ2) is 4.59. The zero-order valence-electron chi connectivity index (χ0n) is 12.1. The molecule has 0 unspecified atom stereocenters. The van der Waals surface area contributed by atoms with Crippen LogP contribution >= 0.6 is 11.6 Å². The van der Waals surface area contributed by atoms with Crippen molar-refractivity contribution in [1.82, 2.24) is 10.4 Å². The molecule has 5 aliphatic rings. The summed E-state index contributed by atoms with van der Waals surface area (Å²) in [5.74, 6) is 3.82. The smallest absolute Gasteiger partial charge is 0.208 e. The molecule has 0 atom stereocenters. The number of nitrogens with zero attached hydrogens (tertiary/aromatic N) is 1. The summed E-state index contributed by atoms with van der Waals surface area (Å²) < 4.78 is 5.49. The van der Waals surface area contributed by atoms with E-state index in [1.165, 1.54) is 38.5 Å². The molecule has 4 saturated carbocycles. The molecule has 5 rings (SSSR count). The van der Waals surface area contributed by atoms with E-state index in [-0.39, 0.29) is 0 Å². The highest BCUT2D eigenvalue weighted by atomic mass is 35.5. The van der Waals surface area contributed by atoms with E-state index in [0.29, 0.717) is 10.6 Å². The van der Waals surface area contributed by atoms with E-state index >= 15 is 0 Å². The van der Waals surface area contributed by atoms with E-state index in [0.717, 1.165) is 30.2 Å². The third-order valence-electron chi connectivity index (χ3n) is 5.75. The fraction of sp³-hybridized carbons (Fsp3) is 0.750. The van der Waals surface area contributed by atoms with Gasteiger partial charge in [0.25, 0.3) is 0 Å². The lowest BCUT2D eigenvalue weighted by molar-refractivity contribution is -0.0766. The van der Waals surface area contributed by atoms with Gasteiger partial charge in [0, 0.05) is 12.6 Å². The summed E-state index contributed by atoms with van der Waals surface area (Å²) in [5.41, 5.74) is 3.74. The Hall–Kier alpha value is -0.830. The van der Waals surface area contributed by atoms with Crippen LogP contribution in [0.25, 0.3) is 0 Å². The first kappa shape index (κ1) is 12.9. The normalized spacial score (nSPS) is 42.1. The summed E-state index contributed by atoms with van der Waals surface area (Å²) >= 11 is 6.13. The van der Waals surface area contributed by atoms with Crippen LogP contribution in [0.2, 0.25) is 0 Å². The second-order valence-electron chi connectivity index (χ2n) is 7.34. The molecule has 4 fully saturated rings. The van der Waals surface area contributed by atoms with Crippen molar-refractivity contribution in [3.05, 3.63) is 23.2 Å². The molecule has 4 aliphatic carbocycles. The fourth-order valence-electron chi connectivity index (χ4n) is 5.57. The van der Waals surface area contributed by atoms with Crippen molar-refractivity contribution < 1.29 is 4.74 Å². The third-order valence-corrected chi connectivity index (χ3v) is 5.96. The van der Waals surface area contributed by atoms with Gasteiger partial charge in [-0.15, -0.1) is 0 Å². The number of hydrazine groups is 1. The number of methoxy groups -OCH3 is 1. The predicted molar refractivity (Wildman–Crippen MR) is 79.5 cm³/mol. The Labute approximate surface area is 126 Å². The minimum atomic E-state index is 0.480. The van der Waals surface area contributed by atoms with Gasteiger partial charge in [-0.3, -0.25) is 10.4 Å². The highest BCUT2D eigenvalue weighted by Crippen LogP contribution is 2.60. The van der Waals surface area contributed by atoms with Crippen molar-refractivity contribution in [2.75, 3.05) is 13.7 Å². The first-order valence-corrected chi connectivity index (χ1v) is 8.19. The van der Waals surface area contributed by atoms with Gasteiger partial charge in [-0.25, -0.2) is 0 Å². The average Bonchev–Trinajstić information content (AvgIpc) is 2.36. The Morgan fingerprint density at radius 2 is 1.80 bits per heavy atom. The molecule has 20 heavy (non-hydrogen) atoms. The zero-order valence-corrected chi connectivity index (χ0v) is 12.8. The van der Waals surface area contributed by atoms with Crippen LogP contribution in [0.3, 0.4) is 0 Å². The van der Waals surface area contributed by atoms with Crippen LogP contribution in [0.4, 0.5) is 0 Å². The summed E-state index contributed by atoms with van der Waals surface area (Å²) in [6.07, 6.45) is 12.5. The van der Waals surface area contributed by atoms with Crippen LogP contribution in [0.15, 0.2) is 23.2 Å². The van der Waals surface area contributed by atoms with E-state index in [9.17, 15) is 0 Å². The molecule has 4 bridgehead atoms. The average molecular weight is 295 g/mol. The number of ether oxygens (including phenoxy) is 1. The Kier molecular flexibility index (Phi) is 2.95. The van der Waals surface area contributed by atoms with Crippen molar-refractivity contribution in [3.8, 4) is 0 Å². The van der Waals surface area contributed by atoms with Crippen molar-refractivity contribution >= 4 is 11.6 Å². The van der Waals surface area contributed by atoms with Crippen LogP contribution in [0.5, 0.6) is 0 Å². The molecular formula is C16H23ClN2O. The number of halogens is 1. The summed E-state index contributed by atoms with van der Waals surface area (Å²) in [6, 6.07) is 0. The van der Waals surface area contributed by atoms with Crippen molar-refractivity contribution in [1.29, 1.82) is 0 Å². The monoisotopic (exact) mass is 294 g/mol. The molecule has 1 heterocycles.